The van der Waals surface area contributed by atoms with Crippen molar-refractivity contribution < 1.29 is 19.1 Å². The van der Waals surface area contributed by atoms with Crippen LogP contribution in [0, 0.1) is 12.8 Å². The quantitative estimate of drug-likeness (QED) is 0.166. The molecule has 1 aliphatic rings. The highest BCUT2D eigenvalue weighted by Crippen LogP contribution is 2.37. The van der Waals surface area contributed by atoms with Gasteiger partial charge in [0, 0.05) is 48.8 Å². The van der Waals surface area contributed by atoms with Crippen molar-refractivity contribution in [2.75, 3.05) is 26.5 Å². The molecule has 220 valence electrons. The highest BCUT2D eigenvalue weighted by Gasteiger charge is 2.29. The number of pyridine rings is 1. The average molecular weight is 591 g/mol. The van der Waals surface area contributed by atoms with E-state index in [1.54, 1.807) is 42.4 Å². The predicted molar refractivity (Wildman–Crippen MR) is 161 cm³/mol. The van der Waals surface area contributed by atoms with Gasteiger partial charge in [0.15, 0.2) is 0 Å². The Labute approximate surface area is 247 Å². The highest BCUT2D eigenvalue weighted by molar-refractivity contribution is 7.09. The first-order valence-corrected chi connectivity index (χ1v) is 14.1. The predicted octanol–water partition coefficient (Wildman–Crippen LogP) is 2.45. The molecule has 12 nitrogen and oxygen atoms in total. The van der Waals surface area contributed by atoms with Crippen LogP contribution < -0.4 is 32.2 Å². The molecule has 1 aromatic carbocycles. The number of aryl methyl sites for hydroxylation is 1. The Balaban J connectivity index is 1.58. The number of nitrogens with zero attached hydrogens (tertiary/aromatic N) is 3. The van der Waals surface area contributed by atoms with Crippen molar-refractivity contribution >= 4 is 34.7 Å². The molecule has 0 bridgehead atoms. The monoisotopic (exact) mass is 590 g/mol. The van der Waals surface area contributed by atoms with Crippen LogP contribution in [-0.2, 0) is 16.1 Å². The molecule has 2 aromatic heterocycles. The first kappa shape index (κ1) is 30.1. The van der Waals surface area contributed by atoms with Crippen LogP contribution in [0.4, 0.5) is 5.69 Å². The fourth-order valence-electron chi connectivity index (χ4n) is 4.12. The number of methoxy groups -OCH3 is 1. The molecule has 0 unspecified atom stereocenters. The Morgan fingerprint density at radius 3 is 2.55 bits per heavy atom. The summed E-state index contributed by atoms with van der Waals surface area (Å²) in [6.45, 7) is 2.30. The topological polar surface area (TPSA) is 178 Å². The lowest BCUT2D eigenvalue weighted by Gasteiger charge is -2.18. The molecule has 0 radical (unpaired) electrons. The molecule has 13 heteroatoms. The summed E-state index contributed by atoms with van der Waals surface area (Å²) in [6, 6.07) is 8.81. The van der Waals surface area contributed by atoms with E-state index in [4.69, 9.17) is 16.2 Å². The Hall–Kier alpha value is -4.91. The van der Waals surface area contributed by atoms with Crippen molar-refractivity contribution in [2.24, 2.45) is 17.4 Å². The number of hydrogen-bond donors (Lipinski definition) is 5. The summed E-state index contributed by atoms with van der Waals surface area (Å²) in [6.07, 6.45) is 4.62. The normalized spacial score (nSPS) is 13.6. The summed E-state index contributed by atoms with van der Waals surface area (Å²) in [5, 5.41) is 11.1. The van der Waals surface area contributed by atoms with Gasteiger partial charge in [-0.2, -0.15) is 0 Å². The summed E-state index contributed by atoms with van der Waals surface area (Å²) in [4.78, 5) is 47.9. The van der Waals surface area contributed by atoms with Crippen LogP contribution >= 0.6 is 11.3 Å². The van der Waals surface area contributed by atoms with Crippen molar-refractivity contribution in [3.05, 3.63) is 81.6 Å². The Kier molecular flexibility index (Phi) is 9.42. The van der Waals surface area contributed by atoms with Gasteiger partial charge in [-0.1, -0.05) is 18.2 Å². The zero-order valence-electron chi connectivity index (χ0n) is 23.9. The summed E-state index contributed by atoms with van der Waals surface area (Å²) in [7, 11) is 4.67. The number of para-hydroxylation sites is 1. The number of likely N-dealkylation sites (N-methyl/N-ethyl adjacent to an activating group) is 1. The van der Waals surface area contributed by atoms with Gasteiger partial charge in [0.1, 0.15) is 23.0 Å². The third-order valence-corrected chi connectivity index (χ3v) is 7.29. The smallest absolute Gasteiger partial charge is 0.272 e. The van der Waals surface area contributed by atoms with E-state index in [9.17, 15) is 14.4 Å². The second-order valence-electron chi connectivity index (χ2n) is 9.73. The van der Waals surface area contributed by atoms with Crippen molar-refractivity contribution in [1.29, 1.82) is 0 Å². The maximum atomic E-state index is 13.0. The molecule has 2 heterocycles. The maximum absolute atomic E-state index is 13.0. The number of rotatable bonds is 11. The van der Waals surface area contributed by atoms with Gasteiger partial charge >= 0.3 is 0 Å². The lowest BCUT2D eigenvalue weighted by molar-refractivity contribution is -0.121. The number of nitrogens with two attached hydrogens (primary N) is 2. The summed E-state index contributed by atoms with van der Waals surface area (Å²) < 4.78 is 5.73. The van der Waals surface area contributed by atoms with Crippen LogP contribution in [0.25, 0.3) is 11.1 Å². The number of carbonyl (C=O) groups is 3. The van der Waals surface area contributed by atoms with Gasteiger partial charge in [-0.3, -0.25) is 19.4 Å². The molecule has 7 N–H and O–H groups in total. The number of aromatic nitrogens is 2. The summed E-state index contributed by atoms with van der Waals surface area (Å²) >= 11 is 1.54. The minimum Gasteiger partial charge on any atom is -0.494 e. The molecule has 1 aliphatic carbocycles. The van der Waals surface area contributed by atoms with Crippen LogP contribution in [0.15, 0.2) is 65.2 Å². The third-order valence-electron chi connectivity index (χ3n) is 6.47. The van der Waals surface area contributed by atoms with Gasteiger partial charge < -0.3 is 37.1 Å². The molecular weight excluding hydrogens is 556 g/mol. The van der Waals surface area contributed by atoms with Crippen LogP contribution in [0.3, 0.4) is 0 Å². The first-order chi connectivity index (χ1) is 20.1. The Morgan fingerprint density at radius 2 is 1.95 bits per heavy atom. The number of hydrogen-bond acceptors (Lipinski definition) is 10. The van der Waals surface area contributed by atoms with E-state index in [2.05, 4.69) is 25.9 Å². The van der Waals surface area contributed by atoms with Crippen molar-refractivity contribution in [3.8, 4) is 16.9 Å². The van der Waals surface area contributed by atoms with Crippen LogP contribution in [0.5, 0.6) is 5.75 Å². The molecular formula is C29H34N8O4S. The van der Waals surface area contributed by atoms with Gasteiger partial charge in [-0.05, 0) is 31.9 Å². The zero-order chi connectivity index (χ0) is 30.4. The molecule has 0 aliphatic heterocycles. The minimum atomic E-state index is -0.537. The summed E-state index contributed by atoms with van der Waals surface area (Å²) in [5.74, 6) is -0.526. The molecule has 3 aromatic rings. The molecule has 4 rings (SSSR count). The SMILES string of the molecule is CNC(=O)/C(N)=C(/C=C(\N)NC(=O)C1CC1)Nc1cccc(-c2ccc(C(=O)N(C)Cc3csc(C)n3)nc2)c1OC. The van der Waals surface area contributed by atoms with E-state index in [1.807, 2.05) is 18.4 Å². The number of anilines is 1. The summed E-state index contributed by atoms with van der Waals surface area (Å²) in [5.41, 5.74) is 15.2. The molecule has 0 atom stereocenters. The van der Waals surface area contributed by atoms with E-state index >= 15 is 0 Å². The molecule has 1 fully saturated rings. The standard InChI is InChI=1S/C29H34N8O4S/c1-16-34-19(15-42-16)14-37(3)29(40)22-11-10-18(13-33-22)20-6-5-7-21(26(20)41-4)35-23(25(31)28(39)32-2)12-24(30)36-27(38)17-8-9-17/h5-7,10-13,15,17,35H,8-9,14,30-31H2,1-4H3,(H,32,39)(H,36,38)/b24-12+,25-23+. The van der Waals surface area contributed by atoms with Crippen LogP contribution in [0.2, 0.25) is 0 Å². The minimum absolute atomic E-state index is 0.0377. The average Bonchev–Trinajstić information content (AvgIpc) is 3.77. The van der Waals surface area contributed by atoms with Gasteiger partial charge in [0.05, 0.1) is 35.7 Å². The third kappa shape index (κ3) is 7.23. The lowest BCUT2D eigenvalue weighted by Crippen LogP contribution is -2.31. The van der Waals surface area contributed by atoms with Gasteiger partial charge in [0.25, 0.3) is 11.8 Å². The van der Waals surface area contributed by atoms with Crippen LogP contribution in [0.1, 0.15) is 34.0 Å². The number of nitrogens with one attached hydrogen (secondary N) is 3. The molecule has 0 saturated heterocycles. The molecule has 3 amide bonds. The number of carbonyl (C=O) groups excluding carboxylic acids is 3. The number of benzene rings is 1. The van der Waals surface area contributed by atoms with Crippen molar-refractivity contribution in [3.63, 3.8) is 0 Å². The molecule has 42 heavy (non-hydrogen) atoms. The Morgan fingerprint density at radius 1 is 1.19 bits per heavy atom. The van der Waals surface area contributed by atoms with Gasteiger partial charge in [-0.25, -0.2) is 4.98 Å². The number of thiazole rings is 1. The second-order valence-corrected chi connectivity index (χ2v) is 10.8. The van der Waals surface area contributed by atoms with E-state index in [0.717, 1.165) is 23.5 Å². The highest BCUT2D eigenvalue weighted by atomic mass is 32.1. The number of ether oxygens (including phenoxy) is 1. The van der Waals surface area contributed by atoms with Crippen LogP contribution in [-0.4, -0.2) is 53.8 Å². The van der Waals surface area contributed by atoms with E-state index in [0.29, 0.717) is 34.8 Å². The second kappa shape index (κ2) is 13.2. The largest absolute Gasteiger partial charge is 0.494 e. The van der Waals surface area contributed by atoms with E-state index < -0.39 is 5.91 Å². The fraction of sp³-hybridized carbons (Fsp3) is 0.276. The lowest BCUT2D eigenvalue weighted by atomic mass is 10.0. The van der Waals surface area contributed by atoms with Gasteiger partial charge in [0.2, 0.25) is 5.91 Å². The molecule has 1 saturated carbocycles. The zero-order valence-corrected chi connectivity index (χ0v) is 24.7. The fourth-order valence-corrected chi connectivity index (χ4v) is 4.72. The van der Waals surface area contributed by atoms with E-state index in [1.165, 1.54) is 31.6 Å². The van der Waals surface area contributed by atoms with Crippen molar-refractivity contribution in [1.82, 2.24) is 25.5 Å². The van der Waals surface area contributed by atoms with Crippen molar-refractivity contribution in [2.45, 2.75) is 26.3 Å². The number of allylic oxidation sites excluding steroid dienone is 1. The maximum Gasteiger partial charge on any atom is 0.272 e. The molecule has 0 spiro atoms. The van der Waals surface area contributed by atoms with E-state index in [-0.39, 0.29) is 34.9 Å². The Bertz CT molecular complexity index is 1540. The number of amides is 3. The van der Waals surface area contributed by atoms with Gasteiger partial charge in [-0.15, -0.1) is 11.3 Å². The first-order valence-electron chi connectivity index (χ1n) is 13.2.